The van der Waals surface area contributed by atoms with Crippen LogP contribution in [0.4, 0.5) is 0 Å². The molecule has 0 spiro atoms. The lowest BCUT2D eigenvalue weighted by Gasteiger charge is -2.18. The third-order valence-corrected chi connectivity index (χ3v) is 7.00. The molecular formula is C31H24Br2O3. The number of ketones is 1. The zero-order valence-electron chi connectivity index (χ0n) is 19.8. The zero-order valence-corrected chi connectivity index (χ0v) is 23.0. The minimum Gasteiger partial charge on any atom is -0.507 e. The summed E-state index contributed by atoms with van der Waals surface area (Å²) in [6, 6.07) is 29.5. The molecular weight excluding hydrogens is 580 g/mol. The number of Topliss-reactive ketones (excluding diaryl/α,β-unsaturated/α-hetero) is 1. The highest BCUT2D eigenvalue weighted by Gasteiger charge is 2.23. The van der Waals surface area contributed by atoms with Gasteiger partial charge in [0, 0.05) is 31.2 Å². The standard InChI is InChI=1S/C31H24Br2O3/c1-19(29(21-9-5-3-6-10-21)25-17-23(32)13-15-27(25)34)31(36)20(2)30(22-11-7-4-8-12-22)26-18-24(33)14-16-28(26)35/h3-18,34-35H,1-2H3. The van der Waals surface area contributed by atoms with Crippen molar-refractivity contribution in [1.82, 2.24) is 0 Å². The van der Waals surface area contributed by atoms with Crippen molar-refractivity contribution in [2.24, 2.45) is 0 Å². The lowest BCUT2D eigenvalue weighted by atomic mass is 9.86. The van der Waals surface area contributed by atoms with Crippen molar-refractivity contribution >= 4 is 48.8 Å². The maximum atomic E-state index is 14.1. The summed E-state index contributed by atoms with van der Waals surface area (Å²) in [5.74, 6) is -0.0241. The van der Waals surface area contributed by atoms with E-state index >= 15 is 0 Å². The SMILES string of the molecule is CC(C(=O)C(C)=C(c1ccccc1)c1cc(Br)ccc1O)=C(c1ccccc1)c1cc(Br)ccc1O. The van der Waals surface area contributed by atoms with Crippen molar-refractivity contribution in [2.45, 2.75) is 13.8 Å². The Kier molecular flexibility index (Phi) is 7.92. The molecule has 4 aromatic rings. The van der Waals surface area contributed by atoms with Crippen LogP contribution in [0, 0.1) is 0 Å². The first-order valence-electron chi connectivity index (χ1n) is 11.3. The first-order valence-corrected chi connectivity index (χ1v) is 12.9. The van der Waals surface area contributed by atoms with Gasteiger partial charge in [-0.3, -0.25) is 4.79 Å². The van der Waals surface area contributed by atoms with Gasteiger partial charge in [0.1, 0.15) is 11.5 Å². The van der Waals surface area contributed by atoms with Crippen LogP contribution in [0.25, 0.3) is 11.1 Å². The molecule has 4 rings (SSSR count). The number of hydrogen-bond acceptors (Lipinski definition) is 3. The molecule has 4 aromatic carbocycles. The Hall–Kier alpha value is -3.41. The summed E-state index contributed by atoms with van der Waals surface area (Å²) in [7, 11) is 0. The largest absolute Gasteiger partial charge is 0.507 e. The summed E-state index contributed by atoms with van der Waals surface area (Å²) in [5.41, 5.74) is 4.99. The molecule has 180 valence electrons. The Morgan fingerprint density at radius 2 is 0.944 bits per heavy atom. The van der Waals surface area contributed by atoms with Gasteiger partial charge in [0.2, 0.25) is 0 Å². The van der Waals surface area contributed by atoms with E-state index in [1.807, 2.05) is 72.8 Å². The Labute approximate surface area is 227 Å². The van der Waals surface area contributed by atoms with Gasteiger partial charge in [0.15, 0.2) is 5.78 Å². The minimum absolute atomic E-state index is 0.0822. The Balaban J connectivity index is 2.01. The number of phenolic OH excluding ortho intramolecular Hbond substituents is 2. The Morgan fingerprint density at radius 1 is 0.583 bits per heavy atom. The van der Waals surface area contributed by atoms with Crippen LogP contribution < -0.4 is 0 Å². The van der Waals surface area contributed by atoms with Gasteiger partial charge in [-0.05, 0) is 72.5 Å². The van der Waals surface area contributed by atoms with E-state index in [0.29, 0.717) is 33.4 Å². The van der Waals surface area contributed by atoms with Crippen LogP contribution in [0.3, 0.4) is 0 Å². The first-order chi connectivity index (χ1) is 17.3. The Morgan fingerprint density at radius 3 is 1.31 bits per heavy atom. The molecule has 5 heteroatoms. The van der Waals surface area contributed by atoms with Crippen LogP contribution in [0.5, 0.6) is 11.5 Å². The van der Waals surface area contributed by atoms with E-state index in [1.54, 1.807) is 38.1 Å². The number of benzene rings is 4. The maximum Gasteiger partial charge on any atom is 0.185 e. The fraction of sp³-hybridized carbons (Fsp3) is 0.0645. The fourth-order valence-electron chi connectivity index (χ4n) is 4.28. The number of halogens is 2. The molecule has 0 saturated carbocycles. The summed E-state index contributed by atoms with van der Waals surface area (Å²) < 4.78 is 1.58. The number of aromatic hydroxyl groups is 2. The van der Waals surface area contributed by atoms with Gasteiger partial charge in [0.05, 0.1) is 0 Å². The number of hydrogen-bond donors (Lipinski definition) is 2. The van der Waals surface area contributed by atoms with Crippen LogP contribution in [0.15, 0.2) is 117 Å². The molecule has 36 heavy (non-hydrogen) atoms. The molecule has 0 aliphatic heterocycles. The number of rotatable bonds is 6. The normalized spacial score (nSPS) is 12.6. The molecule has 0 aliphatic carbocycles. The predicted molar refractivity (Wildman–Crippen MR) is 153 cm³/mol. The third-order valence-electron chi connectivity index (χ3n) is 6.01. The van der Waals surface area contributed by atoms with Crippen molar-refractivity contribution < 1.29 is 15.0 Å². The van der Waals surface area contributed by atoms with Crippen molar-refractivity contribution in [3.8, 4) is 11.5 Å². The number of carbonyl (C=O) groups is 1. The lowest BCUT2D eigenvalue weighted by Crippen LogP contribution is -2.09. The number of carbonyl (C=O) groups excluding carboxylic acids is 1. The first kappa shape index (κ1) is 25.7. The van der Waals surface area contributed by atoms with Gasteiger partial charge in [-0.2, -0.15) is 0 Å². The number of phenols is 2. The van der Waals surface area contributed by atoms with Gasteiger partial charge in [-0.15, -0.1) is 0 Å². The molecule has 3 nitrogen and oxygen atoms in total. The molecule has 0 heterocycles. The van der Waals surface area contributed by atoms with Crippen LogP contribution in [0.2, 0.25) is 0 Å². The highest BCUT2D eigenvalue weighted by molar-refractivity contribution is 9.10. The van der Waals surface area contributed by atoms with E-state index in [9.17, 15) is 15.0 Å². The highest BCUT2D eigenvalue weighted by Crippen LogP contribution is 2.39. The summed E-state index contributed by atoms with van der Waals surface area (Å²) in [5, 5.41) is 21.5. The van der Waals surface area contributed by atoms with E-state index < -0.39 is 0 Å². The van der Waals surface area contributed by atoms with Crippen LogP contribution in [0.1, 0.15) is 36.1 Å². The van der Waals surface area contributed by atoms with Crippen LogP contribution in [-0.4, -0.2) is 16.0 Å². The summed E-state index contributed by atoms with van der Waals surface area (Å²) in [6.45, 7) is 3.55. The molecule has 0 aromatic heterocycles. The Bertz CT molecular complexity index is 1370. The van der Waals surface area contributed by atoms with Gasteiger partial charge < -0.3 is 10.2 Å². The molecule has 0 unspecified atom stereocenters. The summed E-state index contributed by atoms with van der Waals surface area (Å²) >= 11 is 6.98. The molecule has 0 aliphatic rings. The fourth-order valence-corrected chi connectivity index (χ4v) is 5.01. The topological polar surface area (TPSA) is 57.5 Å². The zero-order chi connectivity index (χ0) is 25.8. The second-order valence-corrected chi connectivity index (χ2v) is 10.2. The van der Waals surface area contributed by atoms with E-state index in [1.165, 1.54) is 0 Å². The van der Waals surface area contributed by atoms with Gasteiger partial charge in [-0.1, -0.05) is 92.5 Å². The molecule has 2 N–H and O–H groups in total. The van der Waals surface area contributed by atoms with Crippen molar-refractivity contribution in [3.63, 3.8) is 0 Å². The van der Waals surface area contributed by atoms with Gasteiger partial charge >= 0.3 is 0 Å². The van der Waals surface area contributed by atoms with E-state index in [2.05, 4.69) is 31.9 Å². The second-order valence-electron chi connectivity index (χ2n) is 8.38. The molecule has 0 fully saturated rings. The number of allylic oxidation sites excluding steroid dienone is 2. The van der Waals surface area contributed by atoms with E-state index in [-0.39, 0.29) is 17.3 Å². The quantitative estimate of drug-likeness (QED) is 0.217. The minimum atomic E-state index is -0.188. The molecule has 0 amide bonds. The predicted octanol–water partition coefficient (Wildman–Crippen LogP) is 8.54. The highest BCUT2D eigenvalue weighted by atomic mass is 79.9. The van der Waals surface area contributed by atoms with Crippen molar-refractivity contribution in [2.75, 3.05) is 0 Å². The van der Waals surface area contributed by atoms with Crippen LogP contribution >= 0.6 is 31.9 Å². The third kappa shape index (κ3) is 5.38. The average Bonchev–Trinajstić information content (AvgIpc) is 2.89. The van der Waals surface area contributed by atoms with Gasteiger partial charge in [-0.25, -0.2) is 0 Å². The second kappa shape index (κ2) is 11.1. The van der Waals surface area contributed by atoms with Crippen molar-refractivity contribution in [3.05, 3.63) is 139 Å². The molecule has 0 bridgehead atoms. The molecule has 0 saturated heterocycles. The monoisotopic (exact) mass is 602 g/mol. The summed E-state index contributed by atoms with van der Waals surface area (Å²) in [4.78, 5) is 14.1. The smallest absolute Gasteiger partial charge is 0.185 e. The molecule has 0 radical (unpaired) electrons. The molecule has 0 atom stereocenters. The van der Waals surface area contributed by atoms with Gasteiger partial charge in [0.25, 0.3) is 0 Å². The maximum absolute atomic E-state index is 14.1. The van der Waals surface area contributed by atoms with Crippen LogP contribution in [-0.2, 0) is 4.79 Å². The van der Waals surface area contributed by atoms with E-state index in [4.69, 9.17) is 0 Å². The summed E-state index contributed by atoms with van der Waals surface area (Å²) in [6.07, 6.45) is 0. The lowest BCUT2D eigenvalue weighted by molar-refractivity contribution is -0.112. The van der Waals surface area contributed by atoms with E-state index in [0.717, 1.165) is 20.1 Å². The average molecular weight is 604 g/mol. The van der Waals surface area contributed by atoms with Crippen molar-refractivity contribution in [1.29, 1.82) is 0 Å².